The van der Waals surface area contributed by atoms with Gasteiger partial charge in [-0.3, -0.25) is 19.3 Å². The first kappa shape index (κ1) is 35.5. The van der Waals surface area contributed by atoms with Crippen LogP contribution in [0.5, 0.6) is 11.5 Å². The Morgan fingerprint density at radius 2 is 1.61 bits per heavy atom. The largest absolute Gasteiger partial charge is 0.506 e. The number of amides is 1. The Bertz CT molecular complexity index is 2170. The van der Waals surface area contributed by atoms with Gasteiger partial charge in [0.1, 0.15) is 29.6 Å². The predicted molar refractivity (Wildman–Crippen MR) is 203 cm³/mol. The van der Waals surface area contributed by atoms with Gasteiger partial charge >= 0.3 is 5.97 Å². The molecule has 9 rings (SSSR count). The highest BCUT2D eigenvalue weighted by Crippen LogP contribution is 2.39. The molecule has 2 atom stereocenters. The summed E-state index contributed by atoms with van der Waals surface area (Å²) in [6.45, 7) is 4.65. The molecule has 4 saturated heterocycles. The Morgan fingerprint density at radius 1 is 0.889 bits per heavy atom. The number of carbonyl (C=O) groups excluding carboxylic acids is 2. The van der Waals surface area contributed by atoms with E-state index in [1.165, 1.54) is 12.1 Å². The topological polar surface area (TPSA) is 144 Å². The number of aromatic amines is 1. The molecule has 4 aliphatic rings. The molecule has 0 saturated carbocycles. The number of hydrogen-bond donors (Lipinski definition) is 4. The van der Waals surface area contributed by atoms with E-state index in [-0.39, 0.29) is 48.9 Å². The molecule has 4 N–H and O–H groups in total. The van der Waals surface area contributed by atoms with E-state index in [0.29, 0.717) is 46.8 Å². The van der Waals surface area contributed by atoms with Gasteiger partial charge in [-0.15, -0.1) is 0 Å². The molecule has 2 bridgehead atoms. The molecule has 0 aliphatic carbocycles. The van der Waals surface area contributed by atoms with Crippen LogP contribution < -0.4 is 15.6 Å². The van der Waals surface area contributed by atoms with E-state index in [2.05, 4.69) is 15.2 Å². The molecule has 11 nitrogen and oxygen atoms in total. The van der Waals surface area contributed by atoms with Gasteiger partial charge in [0.2, 0.25) is 5.56 Å². The standard InChI is InChI=1S/C43H44N4O7/c48-36-16-14-34(35-15-17-39(50)45-40(35)36)37(49)23-44-22-28-6-8-29(9-7-28)25-53-33-12-10-31(11-13-33)41(51)47-26-43(27-47,32-4-2-1-3-5-32)42(52)54-38-24-46-20-18-30(38)19-21-46/h1-17,30,37-38,44,48-49H,18-27H2,(H,45,50)/t37?,38-/m0/s1. The summed E-state index contributed by atoms with van der Waals surface area (Å²) in [6, 6.07) is 30.8. The van der Waals surface area contributed by atoms with E-state index in [9.17, 15) is 24.6 Å². The summed E-state index contributed by atoms with van der Waals surface area (Å²) in [5.41, 5.74) is 3.14. The van der Waals surface area contributed by atoms with Gasteiger partial charge in [-0.2, -0.15) is 0 Å². The molecule has 0 spiro atoms. The monoisotopic (exact) mass is 728 g/mol. The third-order valence-corrected chi connectivity index (χ3v) is 11.2. The lowest BCUT2D eigenvalue weighted by molar-refractivity contribution is -0.171. The number of hydrogen-bond acceptors (Lipinski definition) is 9. The second kappa shape index (κ2) is 15.1. The van der Waals surface area contributed by atoms with Crippen molar-refractivity contribution in [3.63, 3.8) is 0 Å². The third-order valence-electron chi connectivity index (χ3n) is 11.2. The maximum Gasteiger partial charge on any atom is 0.320 e. The Kier molecular flexibility index (Phi) is 9.93. The molecule has 1 amide bonds. The van der Waals surface area contributed by atoms with Gasteiger partial charge in [-0.1, -0.05) is 60.7 Å². The van der Waals surface area contributed by atoms with Crippen LogP contribution in [0.1, 0.15) is 51.6 Å². The van der Waals surface area contributed by atoms with Crippen LogP contribution in [-0.2, 0) is 28.1 Å². The SMILES string of the molecule is O=C(c1ccc(OCc2ccc(CNCC(O)c3ccc(O)c4[nH]c(=O)ccc34)cc2)cc1)N1CC(C(=O)O[C@H]2CN3CCC2CC3)(c2ccccc2)C1. The molecular formula is C43H44N4O7. The van der Waals surface area contributed by atoms with E-state index < -0.39 is 11.5 Å². The maximum atomic E-state index is 13.8. The Morgan fingerprint density at radius 3 is 2.31 bits per heavy atom. The van der Waals surface area contributed by atoms with E-state index in [1.807, 2.05) is 54.6 Å². The molecule has 4 aliphatic heterocycles. The summed E-state index contributed by atoms with van der Waals surface area (Å²) in [7, 11) is 0. The number of phenolic OH excluding ortho intramolecular Hbond substituents is 1. The number of fused-ring (bicyclic) bond motifs is 4. The van der Waals surface area contributed by atoms with Crippen LogP contribution in [-0.4, -0.2) is 82.2 Å². The summed E-state index contributed by atoms with van der Waals surface area (Å²) >= 11 is 0. The molecule has 11 heteroatoms. The number of aliphatic hydroxyl groups is 1. The second-order valence-electron chi connectivity index (χ2n) is 14.8. The zero-order chi connectivity index (χ0) is 37.2. The van der Waals surface area contributed by atoms with Crippen molar-refractivity contribution in [2.24, 2.45) is 5.92 Å². The first-order valence-electron chi connectivity index (χ1n) is 18.6. The number of aromatic hydroxyl groups is 1. The van der Waals surface area contributed by atoms with Crippen molar-refractivity contribution in [1.29, 1.82) is 0 Å². The maximum absolute atomic E-state index is 13.8. The van der Waals surface area contributed by atoms with Crippen molar-refractivity contribution in [2.45, 2.75) is 43.6 Å². The zero-order valence-corrected chi connectivity index (χ0v) is 29.9. The van der Waals surface area contributed by atoms with Crippen LogP contribution >= 0.6 is 0 Å². The number of nitrogens with one attached hydrogen (secondary N) is 2. The number of ether oxygens (including phenoxy) is 2. The van der Waals surface area contributed by atoms with E-state index in [1.54, 1.807) is 41.3 Å². The number of aromatic nitrogens is 1. The first-order valence-corrected chi connectivity index (χ1v) is 18.6. The van der Waals surface area contributed by atoms with E-state index in [4.69, 9.17) is 9.47 Å². The number of rotatable bonds is 12. The van der Waals surface area contributed by atoms with E-state index in [0.717, 1.165) is 49.2 Å². The molecule has 4 aromatic carbocycles. The molecule has 1 unspecified atom stereocenters. The normalized spacial score (nSPS) is 20.6. The number of H-pyrrole nitrogens is 1. The predicted octanol–water partition coefficient (Wildman–Crippen LogP) is 4.67. The molecule has 5 heterocycles. The van der Waals surface area contributed by atoms with Crippen LogP contribution in [0.25, 0.3) is 10.9 Å². The van der Waals surface area contributed by atoms with Crippen molar-refractivity contribution < 1.29 is 29.3 Å². The zero-order valence-electron chi connectivity index (χ0n) is 29.9. The van der Waals surface area contributed by atoms with Crippen molar-refractivity contribution in [3.05, 3.63) is 141 Å². The summed E-state index contributed by atoms with van der Waals surface area (Å²) in [5, 5.41) is 24.8. The second-order valence-corrected chi connectivity index (χ2v) is 14.8. The fraction of sp³-hybridized carbons (Fsp3) is 0.326. The number of benzene rings is 4. The van der Waals surface area contributed by atoms with Gasteiger partial charge in [0.05, 0.1) is 11.6 Å². The highest BCUT2D eigenvalue weighted by atomic mass is 16.5. The van der Waals surface area contributed by atoms with Gasteiger partial charge in [-0.05, 0) is 90.5 Å². The van der Waals surface area contributed by atoms with Gasteiger partial charge < -0.3 is 34.9 Å². The summed E-state index contributed by atoms with van der Waals surface area (Å²) in [6.07, 6.45) is 1.19. The number of esters is 1. The van der Waals surface area contributed by atoms with Gasteiger partial charge in [0, 0.05) is 49.7 Å². The minimum atomic E-state index is -0.870. The molecule has 278 valence electrons. The number of carbonyl (C=O) groups is 2. The number of phenols is 1. The Labute approximate surface area is 313 Å². The van der Waals surface area contributed by atoms with Crippen molar-refractivity contribution in [3.8, 4) is 11.5 Å². The van der Waals surface area contributed by atoms with Crippen LogP contribution in [0.2, 0.25) is 0 Å². The number of aliphatic hydroxyl groups excluding tert-OH is 1. The van der Waals surface area contributed by atoms with Gasteiger partial charge in [-0.25, -0.2) is 0 Å². The lowest BCUT2D eigenvalue weighted by atomic mass is 9.73. The average Bonchev–Trinajstić information content (AvgIpc) is 3.18. The van der Waals surface area contributed by atoms with Crippen LogP contribution in [0.3, 0.4) is 0 Å². The Hall–Kier alpha value is -5.49. The Balaban J connectivity index is 0.820. The highest BCUT2D eigenvalue weighted by Gasteiger charge is 2.54. The van der Waals surface area contributed by atoms with Crippen molar-refractivity contribution in [2.75, 3.05) is 39.3 Å². The van der Waals surface area contributed by atoms with Crippen LogP contribution in [0.15, 0.2) is 108 Å². The summed E-state index contributed by atoms with van der Waals surface area (Å²) < 4.78 is 12.2. The fourth-order valence-electron chi connectivity index (χ4n) is 8.04. The number of pyridine rings is 1. The highest BCUT2D eigenvalue weighted by molar-refractivity contribution is 5.98. The minimum Gasteiger partial charge on any atom is -0.506 e. The summed E-state index contributed by atoms with van der Waals surface area (Å²) in [5.74, 6) is 0.642. The van der Waals surface area contributed by atoms with Crippen molar-refractivity contribution in [1.82, 2.24) is 20.1 Å². The van der Waals surface area contributed by atoms with Crippen LogP contribution in [0, 0.1) is 5.92 Å². The molecule has 4 fully saturated rings. The number of nitrogens with zero attached hydrogens (tertiary/aromatic N) is 2. The lowest BCUT2D eigenvalue weighted by Gasteiger charge is -2.50. The van der Waals surface area contributed by atoms with E-state index >= 15 is 0 Å². The first-order chi connectivity index (χ1) is 26.3. The summed E-state index contributed by atoms with van der Waals surface area (Å²) in [4.78, 5) is 45.7. The quantitative estimate of drug-likeness (QED) is 0.135. The molecule has 54 heavy (non-hydrogen) atoms. The molecule has 1 aromatic heterocycles. The average molecular weight is 729 g/mol. The fourth-order valence-corrected chi connectivity index (χ4v) is 8.04. The van der Waals surface area contributed by atoms with Crippen LogP contribution in [0.4, 0.5) is 0 Å². The minimum absolute atomic E-state index is 0.0454. The third kappa shape index (κ3) is 7.22. The smallest absolute Gasteiger partial charge is 0.320 e. The number of likely N-dealkylation sites (tertiary alicyclic amines) is 1. The lowest BCUT2D eigenvalue weighted by Crippen LogP contribution is -2.66. The van der Waals surface area contributed by atoms with Crippen molar-refractivity contribution >= 4 is 22.8 Å². The van der Waals surface area contributed by atoms with Gasteiger partial charge in [0.25, 0.3) is 5.91 Å². The van der Waals surface area contributed by atoms with Gasteiger partial charge in [0.15, 0.2) is 0 Å². The molecule has 5 aromatic rings. The number of piperidine rings is 3. The molecular weight excluding hydrogens is 684 g/mol. The molecule has 0 radical (unpaired) electrons.